The molecule has 2 unspecified atom stereocenters. The van der Waals surface area contributed by atoms with Gasteiger partial charge in [-0.15, -0.1) is 0 Å². The van der Waals surface area contributed by atoms with Gasteiger partial charge in [0.2, 0.25) is 0 Å². The summed E-state index contributed by atoms with van der Waals surface area (Å²) in [5.41, 5.74) is 1.36. The Morgan fingerprint density at radius 2 is 1.56 bits per heavy atom. The average Bonchev–Trinajstić information content (AvgIpc) is 2.51. The predicted molar refractivity (Wildman–Crippen MR) is 79.4 cm³/mol. The number of hydrogen-bond acceptors (Lipinski definition) is 0. The van der Waals surface area contributed by atoms with Gasteiger partial charge in [-0.05, 0) is 0 Å². The van der Waals surface area contributed by atoms with Gasteiger partial charge in [0, 0.05) is 0 Å². The summed E-state index contributed by atoms with van der Waals surface area (Å²) in [6.45, 7) is 4.68. The van der Waals surface area contributed by atoms with Gasteiger partial charge in [0.1, 0.15) is 0 Å². The molecule has 0 N–H and O–H groups in total. The van der Waals surface area contributed by atoms with Gasteiger partial charge in [-0.2, -0.15) is 0 Å². The van der Waals surface area contributed by atoms with E-state index in [0.717, 1.165) is 11.8 Å². The zero-order valence-electron chi connectivity index (χ0n) is 11.1. The Hall–Kier alpha value is -0.781. The minimum atomic E-state index is 0.478. The van der Waals surface area contributed by atoms with E-state index in [1.54, 1.807) is 4.46 Å². The third kappa shape index (κ3) is 2.11. The van der Waals surface area contributed by atoms with Crippen LogP contribution in [0.4, 0.5) is 0 Å². The van der Waals surface area contributed by atoms with Crippen molar-refractivity contribution in [1.82, 2.24) is 0 Å². The van der Waals surface area contributed by atoms with Crippen LogP contribution in [-0.2, 0) is 0 Å². The molecule has 94 valence electrons. The van der Waals surface area contributed by atoms with Crippen LogP contribution in [0.25, 0.3) is 0 Å². The predicted octanol–water partition coefficient (Wildman–Crippen LogP) is 3.66. The monoisotopic (exact) mass is 304 g/mol. The van der Waals surface area contributed by atoms with Gasteiger partial charge >= 0.3 is 116 Å². The van der Waals surface area contributed by atoms with Crippen molar-refractivity contribution in [2.45, 2.75) is 31.0 Å². The number of fused-ring (bicyclic) bond motifs is 2. The quantitative estimate of drug-likeness (QED) is 0.732. The third-order valence-corrected chi connectivity index (χ3v) is 7.68. The fraction of sp³-hybridized carbons (Fsp3) is 0.412. The molecule has 2 bridgehead atoms. The van der Waals surface area contributed by atoms with Crippen LogP contribution in [0.3, 0.4) is 0 Å². The summed E-state index contributed by atoms with van der Waals surface area (Å²) in [6, 6.07) is 9.17. The molecular weight excluding hydrogens is 283 g/mol. The maximum absolute atomic E-state index is 2.51. The van der Waals surface area contributed by atoms with Crippen LogP contribution in [0.2, 0.25) is 4.31 Å². The first-order valence-electron chi connectivity index (χ1n) is 6.79. The van der Waals surface area contributed by atoms with Gasteiger partial charge < -0.3 is 0 Å². The Kier molecular flexibility index (Phi) is 3.21. The van der Waals surface area contributed by atoms with Gasteiger partial charge in [0.15, 0.2) is 0 Å². The topological polar surface area (TPSA) is 0 Å². The Morgan fingerprint density at radius 1 is 1.00 bits per heavy atom. The summed E-state index contributed by atoms with van der Waals surface area (Å²) < 4.78 is 2.03. The summed E-state index contributed by atoms with van der Waals surface area (Å²) in [5.74, 6) is 1.55. The molecule has 0 saturated heterocycles. The maximum atomic E-state index is 2.51. The van der Waals surface area contributed by atoms with Crippen molar-refractivity contribution in [3.05, 3.63) is 54.1 Å². The van der Waals surface area contributed by atoms with E-state index in [1.807, 2.05) is 0 Å². The van der Waals surface area contributed by atoms with Crippen molar-refractivity contribution < 1.29 is 0 Å². The normalized spacial score (nSPS) is 33.7. The van der Waals surface area contributed by atoms with E-state index in [-0.39, 0.29) is 0 Å². The summed E-state index contributed by atoms with van der Waals surface area (Å²) >= 11 is 0.561. The summed E-state index contributed by atoms with van der Waals surface area (Å²) in [4.78, 5) is 0. The van der Waals surface area contributed by atoms with Crippen LogP contribution in [0.1, 0.15) is 25.3 Å². The zero-order valence-corrected chi connectivity index (χ0v) is 12.8. The molecule has 2 aliphatic rings. The first-order chi connectivity index (χ1) is 8.68. The summed E-state index contributed by atoms with van der Waals surface area (Å²) in [7, 11) is 0. The molecule has 0 aliphatic heterocycles. The molecule has 0 nitrogen and oxygen atoms in total. The van der Waals surface area contributed by atoms with E-state index in [2.05, 4.69) is 62.4 Å². The van der Waals surface area contributed by atoms with Crippen molar-refractivity contribution >= 4 is 19.4 Å². The van der Waals surface area contributed by atoms with Crippen LogP contribution in [0, 0.1) is 18.8 Å². The molecule has 0 heterocycles. The van der Waals surface area contributed by atoms with Crippen molar-refractivity contribution in [2.24, 2.45) is 11.8 Å². The second-order valence-corrected chi connectivity index (χ2v) is 8.92. The molecule has 18 heavy (non-hydrogen) atoms. The van der Waals surface area contributed by atoms with Crippen molar-refractivity contribution in [1.29, 1.82) is 0 Å². The Morgan fingerprint density at radius 3 is 2.11 bits per heavy atom. The van der Waals surface area contributed by atoms with Gasteiger partial charge in [-0.3, -0.25) is 0 Å². The fourth-order valence-corrected chi connectivity index (χ4v) is 6.29. The fourth-order valence-electron chi connectivity index (χ4n) is 3.19. The Labute approximate surface area is 116 Å². The van der Waals surface area contributed by atoms with E-state index in [1.165, 1.54) is 18.4 Å². The van der Waals surface area contributed by atoms with Crippen molar-refractivity contribution in [3.63, 3.8) is 0 Å². The molecule has 3 rings (SSSR count). The number of hydrogen-bond donors (Lipinski definition) is 0. The number of rotatable bonds is 2. The van der Waals surface area contributed by atoms with Crippen LogP contribution < -0.4 is 4.46 Å². The number of benzene rings is 1. The third-order valence-electron chi connectivity index (χ3n) is 4.42. The summed E-state index contributed by atoms with van der Waals surface area (Å²) in [5, 5.41) is 0. The van der Waals surface area contributed by atoms with Crippen LogP contribution >= 0.6 is 0 Å². The van der Waals surface area contributed by atoms with Crippen LogP contribution in [0.5, 0.6) is 0 Å². The van der Waals surface area contributed by atoms with E-state index < -0.39 is 0 Å². The molecular formula is C17H20Se. The van der Waals surface area contributed by atoms with E-state index in [4.69, 9.17) is 0 Å². The molecule has 1 fully saturated rings. The second kappa shape index (κ2) is 4.72. The summed E-state index contributed by atoms with van der Waals surface area (Å²) in [6.07, 6.45) is 12.1. The van der Waals surface area contributed by atoms with Crippen molar-refractivity contribution in [2.75, 3.05) is 0 Å². The number of aryl methyl sites for hydroxylation is 1. The molecule has 0 spiro atoms. The molecule has 2 atom stereocenters. The molecule has 1 aromatic rings. The standard InChI is InChI=1S/C17H20Se/c1-13-7-11-16(12-8-13)18-17(2)14-5-3-4-6-15(17)10-9-14/h3-8,11-12,14-15H,9-10H2,1-2H3. The second-order valence-electron chi connectivity index (χ2n) is 5.66. The van der Waals surface area contributed by atoms with E-state index in [0.29, 0.717) is 19.3 Å². The van der Waals surface area contributed by atoms with Crippen LogP contribution in [-0.4, -0.2) is 15.0 Å². The minimum absolute atomic E-state index is 0.478. The first-order valence-corrected chi connectivity index (χ1v) is 8.50. The SMILES string of the molecule is Cc1ccc([Se]C2(C)C3C=CC=CC2CC3)cc1. The molecule has 0 aromatic heterocycles. The molecule has 0 amide bonds. The zero-order chi connectivity index (χ0) is 12.6. The molecule has 0 radical (unpaired) electrons. The molecule has 1 heteroatoms. The Balaban J connectivity index is 1.88. The van der Waals surface area contributed by atoms with E-state index >= 15 is 0 Å². The average molecular weight is 303 g/mol. The molecule has 2 aliphatic carbocycles. The first kappa shape index (κ1) is 12.3. The molecule has 1 saturated carbocycles. The van der Waals surface area contributed by atoms with Crippen molar-refractivity contribution in [3.8, 4) is 0 Å². The van der Waals surface area contributed by atoms with Gasteiger partial charge in [-0.25, -0.2) is 0 Å². The van der Waals surface area contributed by atoms with Gasteiger partial charge in [-0.1, -0.05) is 0 Å². The Bertz CT molecular complexity index is 461. The van der Waals surface area contributed by atoms with E-state index in [9.17, 15) is 0 Å². The van der Waals surface area contributed by atoms with Gasteiger partial charge in [0.05, 0.1) is 0 Å². The van der Waals surface area contributed by atoms with Crippen LogP contribution in [0.15, 0.2) is 48.6 Å². The molecule has 1 aromatic carbocycles. The van der Waals surface area contributed by atoms with Gasteiger partial charge in [0.25, 0.3) is 0 Å². The number of allylic oxidation sites excluding steroid dienone is 4.